The van der Waals surface area contributed by atoms with Crippen LogP contribution >= 0.6 is 11.3 Å². The zero-order valence-electron chi connectivity index (χ0n) is 14.5. The number of thiophene rings is 1. The van der Waals surface area contributed by atoms with Gasteiger partial charge in [0.15, 0.2) is 5.96 Å². The summed E-state index contributed by atoms with van der Waals surface area (Å²) in [5, 5.41) is 5.11. The molecule has 2 aromatic rings. The molecule has 1 aliphatic rings. The molecule has 6 nitrogen and oxygen atoms in total. The highest BCUT2D eigenvalue weighted by molar-refractivity contribution is 7.94. The maximum absolute atomic E-state index is 12.4. The molecule has 25 heavy (non-hydrogen) atoms. The van der Waals surface area contributed by atoms with Crippen LogP contribution < -0.4 is 10.0 Å². The van der Waals surface area contributed by atoms with Crippen LogP contribution in [0.25, 0.3) is 0 Å². The van der Waals surface area contributed by atoms with Gasteiger partial charge in [0.2, 0.25) is 0 Å². The molecule has 1 unspecified atom stereocenters. The third-order valence-electron chi connectivity index (χ3n) is 4.18. The number of nitrogens with zero attached hydrogens (tertiary/aromatic N) is 2. The lowest BCUT2D eigenvalue weighted by Gasteiger charge is -2.25. The quantitative estimate of drug-likeness (QED) is 0.857. The van der Waals surface area contributed by atoms with Crippen molar-refractivity contribution in [3.63, 3.8) is 0 Å². The van der Waals surface area contributed by atoms with E-state index in [1.54, 1.807) is 23.6 Å². The van der Waals surface area contributed by atoms with Gasteiger partial charge in [0, 0.05) is 31.0 Å². The summed E-state index contributed by atoms with van der Waals surface area (Å²) in [6.07, 6.45) is 0.802. The van der Waals surface area contributed by atoms with Crippen molar-refractivity contribution in [2.24, 2.45) is 4.99 Å². The van der Waals surface area contributed by atoms with E-state index in [2.05, 4.69) is 26.9 Å². The highest BCUT2D eigenvalue weighted by Gasteiger charge is 2.22. The number of aliphatic imine (C=N–C) groups is 1. The van der Waals surface area contributed by atoms with Crippen LogP contribution in [0.5, 0.6) is 0 Å². The first-order chi connectivity index (χ1) is 11.9. The van der Waals surface area contributed by atoms with Crippen LogP contribution in [0.2, 0.25) is 0 Å². The van der Waals surface area contributed by atoms with E-state index in [9.17, 15) is 8.42 Å². The molecule has 1 aromatic carbocycles. The van der Waals surface area contributed by atoms with Gasteiger partial charge in [-0.05, 0) is 55.5 Å². The second-order valence-corrected chi connectivity index (χ2v) is 8.85. The van der Waals surface area contributed by atoms with Crippen molar-refractivity contribution in [1.29, 1.82) is 0 Å². The van der Waals surface area contributed by atoms with Crippen molar-refractivity contribution in [2.75, 3.05) is 23.6 Å². The van der Waals surface area contributed by atoms with E-state index in [4.69, 9.17) is 0 Å². The third kappa shape index (κ3) is 3.80. The van der Waals surface area contributed by atoms with E-state index < -0.39 is 10.0 Å². The largest absolute Gasteiger partial charge is 0.343 e. The predicted octanol–water partition coefficient (Wildman–Crippen LogP) is 3.21. The van der Waals surface area contributed by atoms with Crippen LogP contribution in [-0.2, 0) is 16.4 Å². The van der Waals surface area contributed by atoms with Gasteiger partial charge in [0.05, 0.1) is 0 Å². The summed E-state index contributed by atoms with van der Waals surface area (Å²) in [4.78, 5) is 6.62. The zero-order valence-corrected chi connectivity index (χ0v) is 16.1. The van der Waals surface area contributed by atoms with Gasteiger partial charge in [0.1, 0.15) is 4.21 Å². The normalized spacial score (nSPS) is 19.2. The highest BCUT2D eigenvalue weighted by atomic mass is 32.2. The number of hydrogen-bond acceptors (Lipinski definition) is 4. The number of fused-ring (bicyclic) bond motifs is 1. The summed E-state index contributed by atoms with van der Waals surface area (Å²) in [6.45, 7) is 4.83. The molecule has 134 valence electrons. The smallest absolute Gasteiger partial charge is 0.271 e. The fourth-order valence-electron chi connectivity index (χ4n) is 2.74. The van der Waals surface area contributed by atoms with Crippen LogP contribution in [-0.4, -0.2) is 38.9 Å². The highest BCUT2D eigenvalue weighted by Crippen LogP contribution is 2.28. The number of anilines is 2. The van der Waals surface area contributed by atoms with Crippen LogP contribution in [0, 0.1) is 0 Å². The van der Waals surface area contributed by atoms with E-state index >= 15 is 0 Å². The molecular weight excluding hydrogens is 356 g/mol. The second kappa shape index (κ2) is 7.05. The summed E-state index contributed by atoms with van der Waals surface area (Å²) in [7, 11) is -1.52. The number of guanidine groups is 1. The number of nitrogens with one attached hydrogen (secondary N) is 2. The molecule has 1 aromatic heterocycles. The van der Waals surface area contributed by atoms with Crippen molar-refractivity contribution >= 4 is 38.7 Å². The average Bonchev–Trinajstić information content (AvgIpc) is 3.07. The second-order valence-electron chi connectivity index (χ2n) is 6.00. The van der Waals surface area contributed by atoms with Crippen molar-refractivity contribution in [3.05, 3.63) is 41.3 Å². The Labute approximate surface area is 152 Å². The number of rotatable bonds is 4. The molecular formula is C17H22N4O2S2. The monoisotopic (exact) mass is 378 g/mol. The van der Waals surface area contributed by atoms with Gasteiger partial charge in [-0.1, -0.05) is 6.07 Å². The Hall–Kier alpha value is -2.06. The van der Waals surface area contributed by atoms with Crippen LogP contribution in [0.4, 0.5) is 11.4 Å². The van der Waals surface area contributed by atoms with Gasteiger partial charge in [-0.25, -0.2) is 8.42 Å². The van der Waals surface area contributed by atoms with Crippen molar-refractivity contribution in [2.45, 2.75) is 30.5 Å². The van der Waals surface area contributed by atoms with E-state index in [0.717, 1.165) is 23.6 Å². The molecule has 1 atom stereocenters. The van der Waals surface area contributed by atoms with Crippen LogP contribution in [0.3, 0.4) is 0 Å². The van der Waals surface area contributed by atoms with Gasteiger partial charge in [-0.15, -0.1) is 11.3 Å². The molecule has 0 aliphatic carbocycles. The lowest BCUT2D eigenvalue weighted by atomic mass is 10.0. The Kier molecular flexibility index (Phi) is 5.01. The number of likely N-dealkylation sites (N-methyl/N-ethyl adjacent to an activating group) is 1. The first-order valence-corrected chi connectivity index (χ1v) is 10.5. The van der Waals surface area contributed by atoms with E-state index in [-0.39, 0.29) is 6.04 Å². The molecule has 0 fully saturated rings. The predicted molar refractivity (Wildman–Crippen MR) is 104 cm³/mol. The molecule has 0 saturated heterocycles. The summed E-state index contributed by atoms with van der Waals surface area (Å²) in [6, 6.07) is 9.15. The number of sulfonamides is 1. The molecule has 0 saturated carbocycles. The van der Waals surface area contributed by atoms with Crippen molar-refractivity contribution < 1.29 is 8.42 Å². The minimum atomic E-state index is -3.54. The lowest BCUT2D eigenvalue weighted by Crippen LogP contribution is -2.38. The van der Waals surface area contributed by atoms with Gasteiger partial charge in [-0.3, -0.25) is 9.71 Å². The average molecular weight is 379 g/mol. The van der Waals surface area contributed by atoms with Crippen molar-refractivity contribution in [1.82, 2.24) is 4.90 Å². The van der Waals surface area contributed by atoms with Gasteiger partial charge < -0.3 is 10.2 Å². The summed E-state index contributed by atoms with van der Waals surface area (Å²) < 4.78 is 27.8. The van der Waals surface area contributed by atoms with Crippen LogP contribution in [0.15, 0.2) is 44.9 Å². The molecule has 0 amide bonds. The molecule has 0 bridgehead atoms. The standard InChI is InChI=1S/C17H22N4O2S2/c1-4-18-17-19-15-8-7-14(11-13(15)10-12(2)21(17)3)20-25(22,23)16-6-5-9-24-16/h5-9,11-12,20H,4,10H2,1-3H3,(H,18,19). The van der Waals surface area contributed by atoms with E-state index in [1.807, 2.05) is 26.1 Å². The summed E-state index contributed by atoms with van der Waals surface area (Å²) in [5.74, 6) is 0.834. The Morgan fingerprint density at radius 3 is 2.88 bits per heavy atom. The van der Waals surface area contributed by atoms with Gasteiger partial charge in [0.25, 0.3) is 10.0 Å². The molecule has 3 rings (SSSR count). The summed E-state index contributed by atoms with van der Waals surface area (Å²) in [5.41, 5.74) is 2.59. The molecule has 8 heteroatoms. The fraction of sp³-hybridized carbons (Fsp3) is 0.353. The fourth-order valence-corrected chi connectivity index (χ4v) is 4.79. The third-order valence-corrected chi connectivity index (χ3v) is 6.96. The Morgan fingerprint density at radius 1 is 1.40 bits per heavy atom. The van der Waals surface area contributed by atoms with E-state index in [0.29, 0.717) is 16.4 Å². The minimum Gasteiger partial charge on any atom is -0.343 e. The molecule has 2 heterocycles. The Morgan fingerprint density at radius 2 is 2.20 bits per heavy atom. The van der Waals surface area contributed by atoms with Crippen molar-refractivity contribution in [3.8, 4) is 0 Å². The Bertz CT molecular complexity index is 876. The topological polar surface area (TPSA) is 73.8 Å². The minimum absolute atomic E-state index is 0.253. The number of benzene rings is 1. The number of hydrogen-bond donors (Lipinski definition) is 2. The zero-order chi connectivity index (χ0) is 18.0. The first kappa shape index (κ1) is 17.8. The maximum Gasteiger partial charge on any atom is 0.271 e. The van der Waals surface area contributed by atoms with Gasteiger partial charge >= 0.3 is 0 Å². The Balaban J connectivity index is 1.90. The molecule has 0 radical (unpaired) electrons. The van der Waals surface area contributed by atoms with Crippen LogP contribution in [0.1, 0.15) is 19.4 Å². The molecule has 1 aliphatic heterocycles. The molecule has 0 spiro atoms. The maximum atomic E-state index is 12.4. The lowest BCUT2D eigenvalue weighted by molar-refractivity contribution is 0.390. The first-order valence-electron chi connectivity index (χ1n) is 8.14. The summed E-state index contributed by atoms with van der Waals surface area (Å²) >= 11 is 1.20. The van der Waals surface area contributed by atoms with E-state index in [1.165, 1.54) is 11.3 Å². The molecule has 2 N–H and O–H groups in total. The van der Waals surface area contributed by atoms with Gasteiger partial charge in [-0.2, -0.15) is 0 Å². The SMILES string of the molecule is CCN=C1Nc2ccc(NS(=O)(=O)c3cccs3)cc2CC(C)N1C.